The molecular weight excluding hydrogens is 322 g/mol. The third kappa shape index (κ3) is 4.17. The molecule has 0 bridgehead atoms. The normalized spacial score (nSPS) is 11.3. The summed E-state index contributed by atoms with van der Waals surface area (Å²) in [5.74, 6) is 1.13. The average Bonchev–Trinajstić information content (AvgIpc) is 2.58. The van der Waals surface area contributed by atoms with E-state index >= 15 is 0 Å². The predicted octanol–water partition coefficient (Wildman–Crippen LogP) is 5.27. The molecule has 2 N–H and O–H groups in total. The molecule has 0 saturated carbocycles. The minimum Gasteiger partial charge on any atom is -0.339 e. The third-order valence-corrected chi connectivity index (χ3v) is 4.20. The Morgan fingerprint density at radius 3 is 2.42 bits per heavy atom. The van der Waals surface area contributed by atoms with Gasteiger partial charge in [-0.05, 0) is 48.1 Å². The second-order valence-electron chi connectivity index (χ2n) is 7.53. The Balaban J connectivity index is 1.86. The highest BCUT2D eigenvalue weighted by atomic mass is 15.3. The van der Waals surface area contributed by atoms with Crippen LogP contribution in [0.2, 0.25) is 0 Å². The fraction of sp³-hybridized carbons (Fsp3) is 0.286. The molecule has 0 fully saturated rings. The molecule has 1 aromatic heterocycles. The molecule has 0 unspecified atom stereocenters. The van der Waals surface area contributed by atoms with Gasteiger partial charge in [0.2, 0.25) is 5.95 Å². The van der Waals surface area contributed by atoms with Crippen molar-refractivity contribution in [2.24, 2.45) is 0 Å². The lowest BCUT2D eigenvalue weighted by molar-refractivity contribution is 0.592. The van der Waals surface area contributed by atoms with Crippen LogP contribution in [0.5, 0.6) is 0 Å². The van der Waals surface area contributed by atoms with E-state index < -0.39 is 0 Å². The summed E-state index contributed by atoms with van der Waals surface area (Å²) < 4.78 is 0. The molecular formula is C21H25N5. The van der Waals surface area contributed by atoms with Crippen LogP contribution in [0.4, 0.5) is 23.1 Å². The van der Waals surface area contributed by atoms with Gasteiger partial charge in [0.15, 0.2) is 5.82 Å². The molecule has 0 saturated heterocycles. The highest BCUT2D eigenvalue weighted by Crippen LogP contribution is 2.30. The van der Waals surface area contributed by atoms with Gasteiger partial charge in [-0.15, -0.1) is 5.10 Å². The van der Waals surface area contributed by atoms with Crippen LogP contribution in [0.1, 0.15) is 37.5 Å². The number of hydrogen-bond donors (Lipinski definition) is 2. The zero-order chi connectivity index (χ0) is 18.7. The quantitative estimate of drug-likeness (QED) is 0.673. The van der Waals surface area contributed by atoms with Gasteiger partial charge in [-0.2, -0.15) is 10.1 Å². The van der Waals surface area contributed by atoms with Crippen LogP contribution in [0.15, 0.2) is 48.7 Å². The number of aromatic nitrogens is 3. The highest BCUT2D eigenvalue weighted by molar-refractivity contribution is 5.64. The first-order valence-corrected chi connectivity index (χ1v) is 8.73. The van der Waals surface area contributed by atoms with E-state index in [4.69, 9.17) is 0 Å². The van der Waals surface area contributed by atoms with Crippen LogP contribution >= 0.6 is 0 Å². The van der Waals surface area contributed by atoms with E-state index in [9.17, 15) is 0 Å². The Hall–Kier alpha value is -2.95. The number of aryl methyl sites for hydroxylation is 2. The molecule has 26 heavy (non-hydrogen) atoms. The second kappa shape index (κ2) is 7.12. The molecule has 0 aliphatic heterocycles. The second-order valence-corrected chi connectivity index (χ2v) is 7.53. The van der Waals surface area contributed by atoms with Crippen LogP contribution in [0.3, 0.4) is 0 Å². The molecule has 3 aromatic rings. The molecule has 0 aliphatic carbocycles. The molecule has 5 nitrogen and oxygen atoms in total. The van der Waals surface area contributed by atoms with Crippen LogP contribution in [-0.2, 0) is 5.41 Å². The van der Waals surface area contributed by atoms with Gasteiger partial charge in [0, 0.05) is 11.4 Å². The van der Waals surface area contributed by atoms with E-state index in [2.05, 4.69) is 84.7 Å². The molecule has 3 rings (SSSR count). The van der Waals surface area contributed by atoms with Crippen molar-refractivity contribution in [3.8, 4) is 0 Å². The Labute approximate surface area is 154 Å². The lowest BCUT2D eigenvalue weighted by Crippen LogP contribution is -2.14. The van der Waals surface area contributed by atoms with E-state index in [0.717, 1.165) is 16.9 Å². The summed E-state index contributed by atoms with van der Waals surface area (Å²) in [7, 11) is 0. The van der Waals surface area contributed by atoms with Crippen molar-refractivity contribution < 1.29 is 0 Å². The number of rotatable bonds is 4. The van der Waals surface area contributed by atoms with Crippen molar-refractivity contribution in [1.82, 2.24) is 15.2 Å². The van der Waals surface area contributed by atoms with E-state index in [-0.39, 0.29) is 5.41 Å². The first-order chi connectivity index (χ1) is 12.3. The minimum atomic E-state index is 0.0194. The van der Waals surface area contributed by atoms with E-state index in [1.54, 1.807) is 6.20 Å². The molecule has 0 aliphatic rings. The number of nitrogens with one attached hydrogen (secondary N) is 2. The maximum atomic E-state index is 4.56. The predicted molar refractivity (Wildman–Crippen MR) is 107 cm³/mol. The summed E-state index contributed by atoms with van der Waals surface area (Å²) in [5, 5.41) is 14.8. The number of benzene rings is 2. The average molecular weight is 347 g/mol. The molecule has 0 spiro atoms. The molecule has 0 radical (unpaired) electrons. The molecule has 0 atom stereocenters. The molecule has 1 heterocycles. The Morgan fingerprint density at radius 1 is 0.885 bits per heavy atom. The lowest BCUT2D eigenvalue weighted by atomic mass is 9.86. The van der Waals surface area contributed by atoms with Gasteiger partial charge in [0.1, 0.15) is 0 Å². The number of hydrogen-bond acceptors (Lipinski definition) is 5. The summed E-state index contributed by atoms with van der Waals surface area (Å²) in [6.45, 7) is 10.7. The van der Waals surface area contributed by atoms with Gasteiger partial charge < -0.3 is 10.6 Å². The Kier molecular flexibility index (Phi) is 4.89. The van der Waals surface area contributed by atoms with Crippen LogP contribution in [0, 0.1) is 13.8 Å². The fourth-order valence-corrected chi connectivity index (χ4v) is 2.79. The van der Waals surface area contributed by atoms with E-state index in [1.165, 1.54) is 11.1 Å². The largest absolute Gasteiger partial charge is 0.339 e. The monoisotopic (exact) mass is 347 g/mol. The smallest absolute Gasteiger partial charge is 0.249 e. The zero-order valence-corrected chi connectivity index (χ0v) is 16.0. The number of anilines is 4. The van der Waals surface area contributed by atoms with Crippen LogP contribution in [-0.4, -0.2) is 15.2 Å². The van der Waals surface area contributed by atoms with Crippen molar-refractivity contribution in [2.45, 2.75) is 40.0 Å². The van der Waals surface area contributed by atoms with Crippen LogP contribution < -0.4 is 10.6 Å². The Morgan fingerprint density at radius 2 is 1.65 bits per heavy atom. The third-order valence-electron chi connectivity index (χ3n) is 4.20. The Bertz CT molecular complexity index is 912. The maximum absolute atomic E-state index is 4.56. The van der Waals surface area contributed by atoms with Gasteiger partial charge in [-0.1, -0.05) is 51.1 Å². The van der Waals surface area contributed by atoms with Gasteiger partial charge in [-0.3, -0.25) is 0 Å². The number of para-hydroxylation sites is 1. The van der Waals surface area contributed by atoms with E-state index in [1.807, 2.05) is 18.2 Å². The topological polar surface area (TPSA) is 62.7 Å². The van der Waals surface area contributed by atoms with Gasteiger partial charge >= 0.3 is 0 Å². The van der Waals surface area contributed by atoms with Crippen molar-refractivity contribution in [2.75, 3.05) is 10.6 Å². The minimum absolute atomic E-state index is 0.0194. The maximum Gasteiger partial charge on any atom is 0.249 e. The van der Waals surface area contributed by atoms with Crippen molar-refractivity contribution in [1.29, 1.82) is 0 Å². The fourth-order valence-electron chi connectivity index (χ4n) is 2.79. The van der Waals surface area contributed by atoms with Gasteiger partial charge in [0.25, 0.3) is 0 Å². The number of nitrogens with zero attached hydrogens (tertiary/aromatic N) is 3. The summed E-state index contributed by atoms with van der Waals surface area (Å²) in [4.78, 5) is 4.56. The summed E-state index contributed by atoms with van der Waals surface area (Å²) in [6, 6.07) is 14.5. The van der Waals surface area contributed by atoms with Gasteiger partial charge in [-0.25, -0.2) is 0 Å². The SMILES string of the molecule is Cc1ccc(C)c(Nc2cnnc(Nc3ccccc3C(C)(C)C)n2)c1. The lowest BCUT2D eigenvalue weighted by Gasteiger charge is -2.22. The molecule has 2 aromatic carbocycles. The van der Waals surface area contributed by atoms with Crippen LogP contribution in [0.25, 0.3) is 0 Å². The molecule has 5 heteroatoms. The van der Waals surface area contributed by atoms with Crippen molar-refractivity contribution >= 4 is 23.1 Å². The summed E-state index contributed by atoms with van der Waals surface area (Å²) >= 11 is 0. The first-order valence-electron chi connectivity index (χ1n) is 8.73. The van der Waals surface area contributed by atoms with Crippen molar-refractivity contribution in [3.63, 3.8) is 0 Å². The van der Waals surface area contributed by atoms with Crippen molar-refractivity contribution in [3.05, 3.63) is 65.4 Å². The standard InChI is InChI=1S/C21H25N5/c1-14-10-11-15(2)18(12-14)23-19-13-22-26-20(25-19)24-17-9-7-6-8-16(17)21(3,4)5/h6-13H,1-5H3,(H2,23,24,25,26). The first kappa shape index (κ1) is 17.9. The molecule has 134 valence electrons. The summed E-state index contributed by atoms with van der Waals surface area (Å²) in [5.41, 5.74) is 5.58. The van der Waals surface area contributed by atoms with Gasteiger partial charge in [0.05, 0.1) is 6.20 Å². The molecule has 0 amide bonds. The zero-order valence-electron chi connectivity index (χ0n) is 16.0. The highest BCUT2D eigenvalue weighted by Gasteiger charge is 2.18. The van der Waals surface area contributed by atoms with E-state index in [0.29, 0.717) is 11.8 Å². The summed E-state index contributed by atoms with van der Waals surface area (Å²) in [6.07, 6.45) is 1.63.